The van der Waals surface area contributed by atoms with Crippen LogP contribution in [0.25, 0.3) is 0 Å². The molecule has 24 heavy (non-hydrogen) atoms. The van der Waals surface area contributed by atoms with E-state index in [1.807, 2.05) is 23.8 Å². The molecular formula is C17H23N3O2S2. The maximum absolute atomic E-state index is 12.1. The molecule has 1 atom stereocenters. The summed E-state index contributed by atoms with van der Waals surface area (Å²) >= 11 is 2.71. The van der Waals surface area contributed by atoms with E-state index >= 15 is 0 Å². The minimum absolute atomic E-state index is 0.0345. The molecule has 2 rings (SSSR count). The zero-order chi connectivity index (χ0) is 17.5. The maximum atomic E-state index is 12.1. The highest BCUT2D eigenvalue weighted by atomic mass is 32.1. The van der Waals surface area contributed by atoms with Crippen molar-refractivity contribution >= 4 is 39.6 Å². The molecule has 0 aromatic carbocycles. The predicted molar refractivity (Wildman–Crippen MR) is 99.8 cm³/mol. The number of carbonyl (C=O) groups excluding carboxylic acids is 2. The van der Waals surface area contributed by atoms with Crippen molar-refractivity contribution < 1.29 is 9.59 Å². The van der Waals surface area contributed by atoms with Gasteiger partial charge in [0.2, 0.25) is 5.91 Å². The lowest BCUT2D eigenvalue weighted by atomic mass is 10.0. The molecule has 0 aliphatic heterocycles. The molecule has 0 radical (unpaired) electrons. The predicted octanol–water partition coefficient (Wildman–Crippen LogP) is 3.94. The van der Waals surface area contributed by atoms with Gasteiger partial charge >= 0.3 is 0 Å². The van der Waals surface area contributed by atoms with E-state index in [-0.39, 0.29) is 24.3 Å². The van der Waals surface area contributed by atoms with Gasteiger partial charge in [0.15, 0.2) is 5.13 Å². The van der Waals surface area contributed by atoms with Crippen molar-refractivity contribution in [2.45, 2.75) is 46.1 Å². The van der Waals surface area contributed by atoms with Crippen LogP contribution in [0.2, 0.25) is 0 Å². The number of thiazole rings is 1. The molecule has 0 aliphatic carbocycles. The van der Waals surface area contributed by atoms with Gasteiger partial charge in [0.25, 0.3) is 5.91 Å². The Morgan fingerprint density at radius 1 is 1.21 bits per heavy atom. The molecule has 2 amide bonds. The van der Waals surface area contributed by atoms with Crippen LogP contribution in [-0.4, -0.2) is 22.8 Å². The average molecular weight is 366 g/mol. The Bertz CT molecular complexity index is 665. The number of anilines is 1. The van der Waals surface area contributed by atoms with E-state index in [1.54, 1.807) is 6.07 Å². The summed E-state index contributed by atoms with van der Waals surface area (Å²) < 4.78 is 0. The lowest BCUT2D eigenvalue weighted by Crippen LogP contribution is -2.33. The second-order valence-electron chi connectivity index (χ2n) is 6.19. The van der Waals surface area contributed by atoms with Gasteiger partial charge in [-0.15, -0.1) is 22.7 Å². The van der Waals surface area contributed by atoms with Crippen molar-refractivity contribution in [2.24, 2.45) is 5.92 Å². The van der Waals surface area contributed by atoms with E-state index in [9.17, 15) is 9.59 Å². The summed E-state index contributed by atoms with van der Waals surface area (Å²) in [5.74, 6) is 0.433. The second kappa shape index (κ2) is 8.94. The molecule has 0 fully saturated rings. The van der Waals surface area contributed by atoms with Crippen molar-refractivity contribution in [1.29, 1.82) is 0 Å². The number of hydrogen-bond acceptors (Lipinski definition) is 5. The number of aromatic nitrogens is 1. The summed E-state index contributed by atoms with van der Waals surface area (Å²) in [6, 6.07) is 3.76. The molecule has 130 valence electrons. The molecule has 2 N–H and O–H groups in total. The largest absolute Gasteiger partial charge is 0.353 e. The normalized spacial score (nSPS) is 12.2. The van der Waals surface area contributed by atoms with Gasteiger partial charge in [0.05, 0.1) is 17.0 Å². The number of rotatable bonds is 8. The molecule has 1 unspecified atom stereocenters. The van der Waals surface area contributed by atoms with Crippen LogP contribution in [0.5, 0.6) is 0 Å². The van der Waals surface area contributed by atoms with E-state index < -0.39 is 0 Å². The van der Waals surface area contributed by atoms with Gasteiger partial charge in [-0.2, -0.15) is 0 Å². The molecule has 2 heterocycles. The Labute approximate surface area is 150 Å². The smallest absolute Gasteiger partial charge is 0.267 e. The fraction of sp³-hybridized carbons (Fsp3) is 0.471. The van der Waals surface area contributed by atoms with Gasteiger partial charge in [-0.05, 0) is 37.1 Å². The number of nitrogens with one attached hydrogen (secondary N) is 2. The SMILES string of the molecule is CC(C)CCC(C)NC(=O)Cc1csc(NC(=O)c2cccs2)n1. The van der Waals surface area contributed by atoms with E-state index in [0.29, 0.717) is 21.6 Å². The van der Waals surface area contributed by atoms with Crippen LogP contribution in [0.15, 0.2) is 22.9 Å². The van der Waals surface area contributed by atoms with Crippen molar-refractivity contribution in [1.82, 2.24) is 10.3 Å². The molecule has 2 aromatic rings. The first-order chi connectivity index (χ1) is 11.4. The summed E-state index contributed by atoms with van der Waals surface area (Å²) in [6.45, 7) is 6.37. The quantitative estimate of drug-likeness (QED) is 0.744. The van der Waals surface area contributed by atoms with E-state index in [0.717, 1.165) is 12.8 Å². The fourth-order valence-corrected chi connectivity index (χ4v) is 3.48. The summed E-state index contributed by atoms with van der Waals surface area (Å²) in [6.07, 6.45) is 2.30. The van der Waals surface area contributed by atoms with Gasteiger partial charge in [-0.25, -0.2) is 4.98 Å². The Morgan fingerprint density at radius 3 is 2.67 bits per heavy atom. The van der Waals surface area contributed by atoms with Gasteiger partial charge < -0.3 is 5.32 Å². The van der Waals surface area contributed by atoms with Crippen LogP contribution < -0.4 is 10.6 Å². The molecule has 0 bridgehead atoms. The minimum Gasteiger partial charge on any atom is -0.353 e. The van der Waals surface area contributed by atoms with E-state index in [4.69, 9.17) is 0 Å². The van der Waals surface area contributed by atoms with E-state index in [1.165, 1.54) is 22.7 Å². The summed E-state index contributed by atoms with van der Waals surface area (Å²) in [5.41, 5.74) is 0.676. The van der Waals surface area contributed by atoms with Crippen LogP contribution in [0.1, 0.15) is 49.0 Å². The first-order valence-electron chi connectivity index (χ1n) is 8.02. The number of carbonyl (C=O) groups is 2. The van der Waals surface area contributed by atoms with Crippen molar-refractivity contribution in [3.05, 3.63) is 33.5 Å². The molecule has 2 aromatic heterocycles. The van der Waals surface area contributed by atoms with Gasteiger partial charge in [-0.3, -0.25) is 14.9 Å². The fourth-order valence-electron chi connectivity index (χ4n) is 2.16. The van der Waals surface area contributed by atoms with Crippen LogP contribution in [0, 0.1) is 5.92 Å². The third-order valence-corrected chi connectivity index (χ3v) is 5.12. The third kappa shape index (κ3) is 6.05. The molecule has 7 heteroatoms. The van der Waals surface area contributed by atoms with Crippen molar-refractivity contribution in [2.75, 3.05) is 5.32 Å². The molecular weight excluding hydrogens is 342 g/mol. The minimum atomic E-state index is -0.169. The first kappa shape index (κ1) is 18.6. The van der Waals surface area contributed by atoms with Gasteiger partial charge in [-0.1, -0.05) is 19.9 Å². The highest BCUT2D eigenvalue weighted by molar-refractivity contribution is 7.14. The zero-order valence-corrected chi connectivity index (χ0v) is 15.8. The summed E-state index contributed by atoms with van der Waals surface area (Å²) in [7, 11) is 0. The van der Waals surface area contributed by atoms with Crippen LogP contribution in [-0.2, 0) is 11.2 Å². The summed E-state index contributed by atoms with van der Waals surface area (Å²) in [5, 5.41) is 9.93. The van der Waals surface area contributed by atoms with Crippen LogP contribution in [0.3, 0.4) is 0 Å². The lowest BCUT2D eigenvalue weighted by Gasteiger charge is -2.14. The topological polar surface area (TPSA) is 71.1 Å². The number of amides is 2. The monoisotopic (exact) mass is 365 g/mol. The Morgan fingerprint density at radius 2 is 2.00 bits per heavy atom. The maximum Gasteiger partial charge on any atom is 0.267 e. The van der Waals surface area contributed by atoms with E-state index in [2.05, 4.69) is 29.5 Å². The Hall–Kier alpha value is -1.73. The van der Waals surface area contributed by atoms with Crippen LogP contribution >= 0.6 is 22.7 Å². The molecule has 0 spiro atoms. The number of thiophene rings is 1. The van der Waals surface area contributed by atoms with Crippen molar-refractivity contribution in [3.8, 4) is 0 Å². The first-order valence-corrected chi connectivity index (χ1v) is 9.78. The number of hydrogen-bond donors (Lipinski definition) is 2. The highest BCUT2D eigenvalue weighted by Gasteiger charge is 2.13. The van der Waals surface area contributed by atoms with Gasteiger partial charge in [0.1, 0.15) is 0 Å². The second-order valence-corrected chi connectivity index (χ2v) is 8.00. The average Bonchev–Trinajstić information content (AvgIpc) is 3.16. The van der Waals surface area contributed by atoms with Crippen molar-refractivity contribution in [3.63, 3.8) is 0 Å². The standard InChI is InChI=1S/C17H23N3O2S2/c1-11(2)6-7-12(3)18-15(21)9-13-10-24-17(19-13)20-16(22)14-5-4-8-23-14/h4-5,8,10-12H,6-7,9H2,1-3H3,(H,18,21)(H,19,20,22). The van der Waals surface area contributed by atoms with Gasteiger partial charge in [0, 0.05) is 11.4 Å². The summed E-state index contributed by atoms with van der Waals surface area (Å²) in [4.78, 5) is 29.0. The lowest BCUT2D eigenvalue weighted by molar-refractivity contribution is -0.121. The highest BCUT2D eigenvalue weighted by Crippen LogP contribution is 2.18. The molecule has 5 nitrogen and oxygen atoms in total. The number of nitrogens with zero attached hydrogens (tertiary/aromatic N) is 1. The van der Waals surface area contributed by atoms with Crippen LogP contribution in [0.4, 0.5) is 5.13 Å². The molecule has 0 saturated carbocycles. The zero-order valence-electron chi connectivity index (χ0n) is 14.2. The molecule has 0 saturated heterocycles. The molecule has 0 aliphatic rings. The Kier molecular flexibility index (Phi) is 6.93. The third-order valence-electron chi connectivity index (χ3n) is 3.44. The Balaban J connectivity index is 1.80.